The van der Waals surface area contributed by atoms with Gasteiger partial charge in [-0.3, -0.25) is 14.9 Å². The van der Waals surface area contributed by atoms with Crippen LogP contribution < -0.4 is 0 Å². The highest BCUT2D eigenvalue weighted by Gasteiger charge is 2.22. The number of ketones is 1. The fourth-order valence-electron chi connectivity index (χ4n) is 3.29. The molecule has 8 nitrogen and oxygen atoms in total. The van der Waals surface area contributed by atoms with Gasteiger partial charge in [0.2, 0.25) is 0 Å². The van der Waals surface area contributed by atoms with Gasteiger partial charge >= 0.3 is 5.97 Å². The highest BCUT2D eigenvalue weighted by molar-refractivity contribution is 7.98. The van der Waals surface area contributed by atoms with Gasteiger partial charge in [0.15, 0.2) is 5.78 Å². The second-order valence-electron chi connectivity index (χ2n) is 6.94. The van der Waals surface area contributed by atoms with Crippen molar-refractivity contribution in [1.29, 1.82) is 0 Å². The molecule has 0 N–H and O–H groups in total. The van der Waals surface area contributed by atoms with Crippen molar-refractivity contribution in [3.63, 3.8) is 0 Å². The molecule has 2 aromatic heterocycles. The number of halogens is 1. The van der Waals surface area contributed by atoms with E-state index in [1.165, 1.54) is 42.1 Å². The Labute approximate surface area is 197 Å². The number of imidazole rings is 1. The molecule has 166 valence electrons. The highest BCUT2D eigenvalue weighted by atomic mass is 35.5. The van der Waals surface area contributed by atoms with E-state index in [1.807, 2.05) is 0 Å². The lowest BCUT2D eigenvalue weighted by molar-refractivity contribution is -0.387. The summed E-state index contributed by atoms with van der Waals surface area (Å²) in [5.41, 5.74) is 1.26. The van der Waals surface area contributed by atoms with Crippen LogP contribution in [0.3, 0.4) is 0 Å². The third kappa shape index (κ3) is 4.74. The number of esters is 1. The van der Waals surface area contributed by atoms with Crippen molar-refractivity contribution in [3.8, 4) is 0 Å². The first-order valence-corrected chi connectivity index (χ1v) is 11.2. The predicted molar refractivity (Wildman–Crippen MR) is 124 cm³/mol. The maximum atomic E-state index is 13.1. The number of carbonyl (C=O) groups is 2. The predicted octanol–water partition coefficient (Wildman–Crippen LogP) is 5.21. The zero-order valence-electron chi connectivity index (χ0n) is 17.2. The van der Waals surface area contributed by atoms with Gasteiger partial charge in [-0.15, -0.1) is 11.8 Å². The second kappa shape index (κ2) is 9.43. The molecule has 0 amide bonds. The normalized spacial score (nSPS) is 10.8. The molecule has 0 fully saturated rings. The second-order valence-corrected chi connectivity index (χ2v) is 8.22. The van der Waals surface area contributed by atoms with E-state index in [4.69, 9.17) is 16.3 Å². The topological polar surface area (TPSA) is 104 Å². The van der Waals surface area contributed by atoms with Gasteiger partial charge in [-0.2, -0.15) is 0 Å². The largest absolute Gasteiger partial charge is 0.455 e. The van der Waals surface area contributed by atoms with Gasteiger partial charge in [-0.1, -0.05) is 29.8 Å². The number of nitrogens with zero attached hydrogens (tertiary/aromatic N) is 3. The summed E-state index contributed by atoms with van der Waals surface area (Å²) in [4.78, 5) is 41.5. The lowest BCUT2D eigenvalue weighted by Gasteiger charge is -2.09. The van der Waals surface area contributed by atoms with Crippen molar-refractivity contribution in [3.05, 3.63) is 105 Å². The molecule has 0 unspecified atom stereocenters. The zero-order chi connectivity index (χ0) is 23.5. The Morgan fingerprint density at radius 3 is 2.61 bits per heavy atom. The molecule has 0 spiro atoms. The third-order valence-corrected chi connectivity index (χ3v) is 5.85. The molecule has 0 saturated carbocycles. The van der Waals surface area contributed by atoms with E-state index in [0.29, 0.717) is 21.3 Å². The van der Waals surface area contributed by atoms with Crippen molar-refractivity contribution in [1.82, 2.24) is 9.38 Å². The lowest BCUT2D eigenvalue weighted by Crippen LogP contribution is -2.13. The number of pyridine rings is 1. The summed E-state index contributed by atoms with van der Waals surface area (Å²) < 4.78 is 7.10. The summed E-state index contributed by atoms with van der Waals surface area (Å²) >= 11 is 7.19. The van der Waals surface area contributed by atoms with Crippen LogP contribution in [0.2, 0.25) is 5.02 Å². The van der Waals surface area contributed by atoms with Gasteiger partial charge in [0, 0.05) is 29.6 Å². The third-order valence-electron chi connectivity index (χ3n) is 4.85. The smallest absolute Gasteiger partial charge is 0.339 e. The number of aromatic nitrogens is 2. The van der Waals surface area contributed by atoms with E-state index in [1.54, 1.807) is 47.3 Å². The highest BCUT2D eigenvalue weighted by Crippen LogP contribution is 2.29. The molecule has 4 rings (SSSR count). The fourth-order valence-corrected chi connectivity index (χ4v) is 4.01. The van der Waals surface area contributed by atoms with E-state index in [2.05, 4.69) is 4.98 Å². The Balaban J connectivity index is 1.57. The summed E-state index contributed by atoms with van der Waals surface area (Å²) in [5, 5.41) is 11.9. The number of hydrogen-bond acceptors (Lipinski definition) is 7. The Morgan fingerprint density at radius 2 is 1.88 bits per heavy atom. The van der Waals surface area contributed by atoms with Crippen LogP contribution in [0, 0.1) is 10.1 Å². The van der Waals surface area contributed by atoms with Crippen LogP contribution >= 0.6 is 23.4 Å². The number of nitro benzene ring substituents is 1. The molecule has 0 saturated heterocycles. The SMILES string of the molecule is CSc1ccc(C(=O)c2ccccc2C(=O)OCc2cn3cc(Cl)ccc3n2)cc1[N+](=O)[O-]. The average molecular weight is 482 g/mol. The van der Waals surface area contributed by atoms with Crippen molar-refractivity contribution >= 4 is 46.4 Å². The lowest BCUT2D eigenvalue weighted by atomic mass is 9.98. The van der Waals surface area contributed by atoms with Crippen molar-refractivity contribution in [2.45, 2.75) is 11.5 Å². The molecule has 4 aromatic rings. The number of thioether (sulfide) groups is 1. The molecule has 2 heterocycles. The van der Waals surface area contributed by atoms with Crippen molar-refractivity contribution in [2.75, 3.05) is 6.26 Å². The number of rotatable bonds is 7. The minimum absolute atomic E-state index is 0.0610. The molecule has 0 aliphatic rings. The quantitative estimate of drug-likeness (QED) is 0.117. The Kier molecular flexibility index (Phi) is 6.43. The fraction of sp³-hybridized carbons (Fsp3) is 0.0870. The molecule has 0 aliphatic heterocycles. The summed E-state index contributed by atoms with van der Waals surface area (Å²) in [6.07, 6.45) is 5.09. The summed E-state index contributed by atoms with van der Waals surface area (Å²) in [7, 11) is 0. The monoisotopic (exact) mass is 481 g/mol. The molecule has 0 bridgehead atoms. The van der Waals surface area contributed by atoms with Gasteiger partial charge in [-0.05, 0) is 36.6 Å². The average Bonchev–Trinajstić information content (AvgIpc) is 3.23. The van der Waals surface area contributed by atoms with Crippen molar-refractivity contribution < 1.29 is 19.2 Å². The minimum atomic E-state index is -0.704. The maximum Gasteiger partial charge on any atom is 0.339 e. The van der Waals surface area contributed by atoms with Gasteiger partial charge in [0.05, 0.1) is 26.1 Å². The number of ether oxygens (including phenoxy) is 1. The van der Waals surface area contributed by atoms with Crippen LogP contribution in [-0.4, -0.2) is 32.3 Å². The molecule has 0 atom stereocenters. The molecule has 2 aromatic carbocycles. The summed E-state index contributed by atoms with van der Waals surface area (Å²) in [5.74, 6) is -1.22. The van der Waals surface area contributed by atoms with E-state index in [9.17, 15) is 19.7 Å². The summed E-state index contributed by atoms with van der Waals surface area (Å²) in [6, 6.07) is 13.9. The molecular formula is C23H16ClN3O5S. The summed E-state index contributed by atoms with van der Waals surface area (Å²) in [6.45, 7) is -0.103. The van der Waals surface area contributed by atoms with Crippen molar-refractivity contribution in [2.24, 2.45) is 0 Å². The number of benzene rings is 2. The van der Waals surface area contributed by atoms with Crippen LogP contribution in [0.5, 0.6) is 0 Å². The van der Waals surface area contributed by atoms with Gasteiger partial charge in [0.1, 0.15) is 12.3 Å². The Bertz CT molecular complexity index is 1400. The Hall–Kier alpha value is -3.69. The van der Waals surface area contributed by atoms with Gasteiger partial charge in [-0.25, -0.2) is 9.78 Å². The molecule has 33 heavy (non-hydrogen) atoms. The van der Waals surface area contributed by atoms with E-state index in [0.717, 1.165) is 0 Å². The standard InChI is InChI=1S/C23H16ClN3O5S/c1-33-20-8-6-14(10-19(20)27(30)31)22(28)17-4-2-3-5-18(17)23(29)32-13-16-12-26-11-15(24)7-9-21(26)25-16/h2-12H,13H2,1H3. The number of nitro groups is 1. The molecule has 0 radical (unpaired) electrons. The number of hydrogen-bond donors (Lipinski definition) is 0. The van der Waals surface area contributed by atoms with Crippen LogP contribution in [0.1, 0.15) is 32.0 Å². The minimum Gasteiger partial charge on any atom is -0.455 e. The zero-order valence-corrected chi connectivity index (χ0v) is 18.8. The van der Waals surface area contributed by atoms with Crippen LogP contribution in [-0.2, 0) is 11.3 Å². The van der Waals surface area contributed by atoms with Crippen LogP contribution in [0.25, 0.3) is 5.65 Å². The molecule has 0 aliphatic carbocycles. The van der Waals surface area contributed by atoms with E-state index in [-0.39, 0.29) is 29.0 Å². The van der Waals surface area contributed by atoms with E-state index >= 15 is 0 Å². The van der Waals surface area contributed by atoms with Crippen LogP contribution in [0.4, 0.5) is 5.69 Å². The number of fused-ring (bicyclic) bond motifs is 1. The first-order valence-electron chi connectivity index (χ1n) is 9.64. The molecular weight excluding hydrogens is 466 g/mol. The maximum absolute atomic E-state index is 13.1. The Morgan fingerprint density at radius 1 is 1.12 bits per heavy atom. The van der Waals surface area contributed by atoms with E-state index < -0.39 is 16.7 Å². The first kappa shape index (κ1) is 22.5. The van der Waals surface area contributed by atoms with Gasteiger partial charge in [0.25, 0.3) is 5.69 Å². The molecule has 10 heteroatoms. The van der Waals surface area contributed by atoms with Gasteiger partial charge < -0.3 is 9.14 Å². The van der Waals surface area contributed by atoms with Crippen LogP contribution in [0.15, 0.2) is 71.9 Å². The number of carbonyl (C=O) groups excluding carboxylic acids is 2. The first-order chi connectivity index (χ1) is 15.9.